The van der Waals surface area contributed by atoms with E-state index in [4.69, 9.17) is 25.5 Å². The average molecular weight is 358 g/mol. The number of rotatable bonds is 6. The predicted octanol–water partition coefficient (Wildman–Crippen LogP) is 4.60. The summed E-state index contributed by atoms with van der Waals surface area (Å²) < 4.78 is 15.7. The fraction of sp³-hybridized carbons (Fsp3) is 0.158. The summed E-state index contributed by atoms with van der Waals surface area (Å²) in [5.74, 6) is 0.676. The SMILES string of the molecule is CCOC(=O)COc1ccc(-c2nc(-c3ccc(Cl)cc3)co2)cc1. The van der Waals surface area contributed by atoms with Crippen LogP contribution in [0.15, 0.2) is 59.2 Å². The van der Waals surface area contributed by atoms with Crippen molar-refractivity contribution in [2.75, 3.05) is 13.2 Å². The van der Waals surface area contributed by atoms with Gasteiger partial charge in [-0.25, -0.2) is 9.78 Å². The van der Waals surface area contributed by atoms with E-state index < -0.39 is 5.97 Å². The second-order valence-corrected chi connectivity index (χ2v) is 5.60. The quantitative estimate of drug-likeness (QED) is 0.603. The first kappa shape index (κ1) is 17.0. The van der Waals surface area contributed by atoms with Crippen molar-refractivity contribution in [3.63, 3.8) is 0 Å². The number of aromatic nitrogens is 1. The molecule has 0 radical (unpaired) electrons. The van der Waals surface area contributed by atoms with E-state index in [2.05, 4.69) is 4.98 Å². The Labute approximate surface area is 150 Å². The molecule has 0 saturated heterocycles. The van der Waals surface area contributed by atoms with Crippen molar-refractivity contribution in [3.8, 4) is 28.5 Å². The molecular formula is C19H16ClNO4. The van der Waals surface area contributed by atoms with Gasteiger partial charge in [-0.15, -0.1) is 0 Å². The topological polar surface area (TPSA) is 61.6 Å². The predicted molar refractivity (Wildman–Crippen MR) is 94.5 cm³/mol. The fourth-order valence-corrected chi connectivity index (χ4v) is 2.32. The maximum Gasteiger partial charge on any atom is 0.344 e. The van der Waals surface area contributed by atoms with Gasteiger partial charge in [0, 0.05) is 16.1 Å². The lowest BCUT2D eigenvalue weighted by Crippen LogP contribution is -2.14. The van der Waals surface area contributed by atoms with Gasteiger partial charge in [-0.2, -0.15) is 0 Å². The van der Waals surface area contributed by atoms with Crippen LogP contribution in [0.5, 0.6) is 5.75 Å². The van der Waals surface area contributed by atoms with Crippen LogP contribution in [0.1, 0.15) is 6.92 Å². The van der Waals surface area contributed by atoms with Gasteiger partial charge in [0.2, 0.25) is 5.89 Å². The molecule has 0 fully saturated rings. The largest absolute Gasteiger partial charge is 0.482 e. The van der Waals surface area contributed by atoms with E-state index in [1.54, 1.807) is 37.5 Å². The Hall–Kier alpha value is -2.79. The Morgan fingerprint density at radius 2 is 1.76 bits per heavy atom. The highest BCUT2D eigenvalue weighted by Gasteiger charge is 2.09. The second kappa shape index (κ2) is 7.85. The molecule has 5 nitrogen and oxygen atoms in total. The molecule has 25 heavy (non-hydrogen) atoms. The molecule has 0 atom stereocenters. The first-order valence-electron chi connectivity index (χ1n) is 7.76. The Kier molecular flexibility index (Phi) is 5.36. The number of oxazole rings is 1. The van der Waals surface area contributed by atoms with Crippen molar-refractivity contribution < 1.29 is 18.7 Å². The smallest absolute Gasteiger partial charge is 0.344 e. The highest BCUT2D eigenvalue weighted by atomic mass is 35.5. The van der Waals surface area contributed by atoms with Crippen LogP contribution in [0.2, 0.25) is 5.02 Å². The highest BCUT2D eigenvalue weighted by Crippen LogP contribution is 2.26. The van der Waals surface area contributed by atoms with Gasteiger partial charge in [-0.05, 0) is 43.3 Å². The summed E-state index contributed by atoms with van der Waals surface area (Å²) in [5.41, 5.74) is 2.46. The maximum absolute atomic E-state index is 11.3. The molecule has 0 amide bonds. The zero-order valence-corrected chi connectivity index (χ0v) is 14.3. The summed E-state index contributed by atoms with van der Waals surface area (Å²) in [6.07, 6.45) is 1.60. The number of esters is 1. The van der Waals surface area contributed by atoms with E-state index >= 15 is 0 Å². The van der Waals surface area contributed by atoms with Crippen LogP contribution < -0.4 is 4.74 Å². The number of hydrogen-bond donors (Lipinski definition) is 0. The molecule has 0 saturated carbocycles. The number of halogens is 1. The molecule has 0 spiro atoms. The molecule has 0 unspecified atom stereocenters. The van der Waals surface area contributed by atoms with E-state index in [0.29, 0.717) is 23.3 Å². The zero-order chi connectivity index (χ0) is 17.6. The lowest BCUT2D eigenvalue weighted by molar-refractivity contribution is -0.145. The second-order valence-electron chi connectivity index (χ2n) is 5.16. The van der Waals surface area contributed by atoms with E-state index in [1.807, 2.05) is 24.3 Å². The Bertz CT molecular complexity index is 841. The lowest BCUT2D eigenvalue weighted by Gasteiger charge is -2.05. The molecule has 6 heteroatoms. The average Bonchev–Trinajstić information content (AvgIpc) is 3.11. The molecule has 3 aromatic rings. The molecule has 0 aliphatic heterocycles. The molecule has 0 aliphatic rings. The van der Waals surface area contributed by atoms with Crippen LogP contribution in [0.25, 0.3) is 22.7 Å². The van der Waals surface area contributed by atoms with Gasteiger partial charge >= 0.3 is 5.97 Å². The molecule has 128 valence electrons. The minimum absolute atomic E-state index is 0.118. The first-order chi connectivity index (χ1) is 12.2. The van der Waals surface area contributed by atoms with E-state index in [9.17, 15) is 4.79 Å². The zero-order valence-electron chi connectivity index (χ0n) is 13.6. The maximum atomic E-state index is 11.3. The van der Waals surface area contributed by atoms with Gasteiger partial charge in [0.05, 0.1) is 6.61 Å². The van der Waals surface area contributed by atoms with E-state index in [1.165, 1.54) is 0 Å². The van der Waals surface area contributed by atoms with Crippen molar-refractivity contribution in [3.05, 3.63) is 59.8 Å². The summed E-state index contributed by atoms with van der Waals surface area (Å²) in [6.45, 7) is 1.97. The molecule has 3 rings (SSSR count). The molecular weight excluding hydrogens is 342 g/mol. The minimum atomic E-state index is -0.396. The van der Waals surface area contributed by atoms with Crippen molar-refractivity contribution in [2.24, 2.45) is 0 Å². The van der Waals surface area contributed by atoms with Gasteiger partial charge in [0.1, 0.15) is 17.7 Å². The summed E-state index contributed by atoms with van der Waals surface area (Å²) in [5, 5.41) is 0.672. The number of hydrogen-bond acceptors (Lipinski definition) is 5. The van der Waals surface area contributed by atoms with Crippen LogP contribution in [-0.2, 0) is 9.53 Å². The van der Waals surface area contributed by atoms with E-state index in [0.717, 1.165) is 16.8 Å². The molecule has 0 aliphatic carbocycles. The standard InChI is InChI=1S/C19H16ClNO4/c1-2-23-18(22)12-24-16-9-5-14(6-10-16)19-21-17(11-25-19)13-3-7-15(20)8-4-13/h3-11H,2,12H2,1H3. The van der Waals surface area contributed by atoms with Crippen molar-refractivity contribution in [1.29, 1.82) is 0 Å². The van der Waals surface area contributed by atoms with Crippen LogP contribution in [0, 0.1) is 0 Å². The third-order valence-corrected chi connectivity index (χ3v) is 3.66. The monoisotopic (exact) mass is 357 g/mol. The Morgan fingerprint density at radius 1 is 1.08 bits per heavy atom. The molecule has 0 bridgehead atoms. The first-order valence-corrected chi connectivity index (χ1v) is 8.14. The molecule has 0 N–H and O–H groups in total. The van der Waals surface area contributed by atoms with Crippen LogP contribution >= 0.6 is 11.6 Å². The fourth-order valence-electron chi connectivity index (χ4n) is 2.20. The third kappa shape index (κ3) is 4.39. The van der Waals surface area contributed by atoms with Crippen LogP contribution in [0.4, 0.5) is 0 Å². The number of carbonyl (C=O) groups excluding carboxylic acids is 1. The Balaban J connectivity index is 1.68. The van der Waals surface area contributed by atoms with Crippen LogP contribution in [0.3, 0.4) is 0 Å². The lowest BCUT2D eigenvalue weighted by atomic mass is 10.2. The number of benzene rings is 2. The highest BCUT2D eigenvalue weighted by molar-refractivity contribution is 6.30. The van der Waals surface area contributed by atoms with Gasteiger partial charge in [-0.3, -0.25) is 0 Å². The van der Waals surface area contributed by atoms with Crippen LogP contribution in [-0.4, -0.2) is 24.2 Å². The summed E-state index contributed by atoms with van der Waals surface area (Å²) in [7, 11) is 0. The van der Waals surface area contributed by atoms with Crippen molar-refractivity contribution in [2.45, 2.75) is 6.92 Å². The summed E-state index contributed by atoms with van der Waals surface area (Å²) in [6, 6.07) is 14.5. The van der Waals surface area contributed by atoms with Crippen molar-refractivity contribution in [1.82, 2.24) is 4.98 Å². The van der Waals surface area contributed by atoms with Gasteiger partial charge in [0.25, 0.3) is 0 Å². The summed E-state index contributed by atoms with van der Waals surface area (Å²) in [4.78, 5) is 15.8. The van der Waals surface area contributed by atoms with E-state index in [-0.39, 0.29) is 6.61 Å². The normalized spacial score (nSPS) is 10.5. The van der Waals surface area contributed by atoms with Crippen molar-refractivity contribution >= 4 is 17.6 Å². The Morgan fingerprint density at radius 3 is 2.44 bits per heavy atom. The number of carbonyl (C=O) groups is 1. The number of nitrogens with zero attached hydrogens (tertiary/aromatic N) is 1. The van der Waals surface area contributed by atoms with Gasteiger partial charge in [-0.1, -0.05) is 23.7 Å². The molecule has 1 aromatic heterocycles. The molecule has 2 aromatic carbocycles. The summed E-state index contributed by atoms with van der Waals surface area (Å²) >= 11 is 5.89. The van der Waals surface area contributed by atoms with Gasteiger partial charge < -0.3 is 13.9 Å². The minimum Gasteiger partial charge on any atom is -0.482 e. The molecule has 1 heterocycles. The van der Waals surface area contributed by atoms with Gasteiger partial charge in [0.15, 0.2) is 6.61 Å². The third-order valence-electron chi connectivity index (χ3n) is 3.41. The number of ether oxygens (including phenoxy) is 2.